The van der Waals surface area contributed by atoms with E-state index in [0.717, 1.165) is 35.7 Å². The Balaban J connectivity index is 0.000000201. The van der Waals surface area contributed by atoms with Gasteiger partial charge in [-0.05, 0) is 68.9 Å². The van der Waals surface area contributed by atoms with Crippen LogP contribution in [0.2, 0.25) is 0 Å². The lowest BCUT2D eigenvalue weighted by molar-refractivity contribution is 0.393. The van der Waals surface area contributed by atoms with Gasteiger partial charge in [-0.3, -0.25) is 9.67 Å². The summed E-state index contributed by atoms with van der Waals surface area (Å²) in [7, 11) is 1.80. The van der Waals surface area contributed by atoms with Crippen molar-refractivity contribution in [3.8, 4) is 11.1 Å². The zero-order valence-corrected chi connectivity index (χ0v) is 24.0. The molecule has 206 valence electrons. The lowest BCUT2D eigenvalue weighted by Crippen LogP contribution is -2.29. The van der Waals surface area contributed by atoms with E-state index in [1.165, 1.54) is 55.5 Å². The first-order valence-electron chi connectivity index (χ1n) is 13.8. The fourth-order valence-corrected chi connectivity index (χ4v) is 4.17. The molecule has 2 aromatic heterocycles. The summed E-state index contributed by atoms with van der Waals surface area (Å²) in [5.41, 5.74) is 18.0. The van der Waals surface area contributed by atoms with Crippen LogP contribution in [-0.2, 0) is 7.05 Å². The molecule has 0 atom stereocenters. The van der Waals surface area contributed by atoms with E-state index in [9.17, 15) is 0 Å². The number of hydrogen-bond acceptors (Lipinski definition) is 6. The number of nitrogen functional groups attached to an aromatic ring is 2. The minimum atomic E-state index is 0.478. The highest BCUT2D eigenvalue weighted by atomic mass is 15.3. The van der Waals surface area contributed by atoms with Gasteiger partial charge in [0.2, 0.25) is 0 Å². The van der Waals surface area contributed by atoms with Gasteiger partial charge in [0.15, 0.2) is 0 Å². The van der Waals surface area contributed by atoms with Gasteiger partial charge in [-0.1, -0.05) is 64.3 Å². The summed E-state index contributed by atoms with van der Waals surface area (Å²) in [6.45, 7) is 12.5. The molecule has 5 N–H and O–H groups in total. The van der Waals surface area contributed by atoms with E-state index in [0.29, 0.717) is 11.6 Å². The molecule has 1 fully saturated rings. The largest absolute Gasteiger partial charge is 0.386 e. The van der Waals surface area contributed by atoms with E-state index in [1.807, 2.05) is 18.2 Å². The van der Waals surface area contributed by atoms with Crippen molar-refractivity contribution >= 4 is 23.0 Å². The number of para-hydroxylation sites is 1. The summed E-state index contributed by atoms with van der Waals surface area (Å²) in [6.07, 6.45) is 13.7. The summed E-state index contributed by atoms with van der Waals surface area (Å²) in [5, 5.41) is 7.58. The number of hydrogen-bond donors (Lipinski definition) is 3. The van der Waals surface area contributed by atoms with Crippen molar-refractivity contribution in [1.29, 1.82) is 0 Å². The quantitative estimate of drug-likeness (QED) is 0.284. The van der Waals surface area contributed by atoms with Gasteiger partial charge >= 0.3 is 0 Å². The van der Waals surface area contributed by atoms with E-state index in [1.54, 1.807) is 30.2 Å². The minimum absolute atomic E-state index is 0.478. The molecule has 3 aromatic rings. The van der Waals surface area contributed by atoms with Crippen LogP contribution in [0.3, 0.4) is 0 Å². The fraction of sp³-hybridized carbons (Fsp3) is 0.452. The Hall–Kier alpha value is -3.61. The molecule has 0 aliphatic heterocycles. The Kier molecular flexibility index (Phi) is 13.1. The fourth-order valence-electron chi connectivity index (χ4n) is 4.17. The summed E-state index contributed by atoms with van der Waals surface area (Å²) < 4.78 is 1.62. The molecule has 0 unspecified atom stereocenters. The van der Waals surface area contributed by atoms with Crippen molar-refractivity contribution in [2.24, 2.45) is 12.0 Å². The second-order valence-corrected chi connectivity index (χ2v) is 9.86. The van der Waals surface area contributed by atoms with Gasteiger partial charge in [0.05, 0.1) is 11.9 Å². The first kappa shape index (κ1) is 30.6. The van der Waals surface area contributed by atoms with Crippen LogP contribution < -0.4 is 16.8 Å². The van der Waals surface area contributed by atoms with Crippen LogP contribution in [0.25, 0.3) is 11.1 Å². The van der Waals surface area contributed by atoms with Gasteiger partial charge < -0.3 is 16.8 Å². The van der Waals surface area contributed by atoms with Crippen LogP contribution >= 0.6 is 0 Å². The third-order valence-corrected chi connectivity index (χ3v) is 6.58. The third-order valence-electron chi connectivity index (χ3n) is 6.58. The van der Waals surface area contributed by atoms with Crippen molar-refractivity contribution < 1.29 is 0 Å². The van der Waals surface area contributed by atoms with Gasteiger partial charge in [-0.2, -0.15) is 5.10 Å². The highest BCUT2D eigenvalue weighted by Crippen LogP contribution is 2.25. The monoisotopic (exact) mass is 517 g/mol. The van der Waals surface area contributed by atoms with Gasteiger partial charge in [0.25, 0.3) is 0 Å². The number of nitrogens with one attached hydrogen (secondary N) is 1. The molecule has 1 aliphatic rings. The standard InChI is InChI=1S/C11H15N.C11H21N.C9H11N5/c1-4-10(3)12-11-8-6-5-7-9(11)2;1-3-7-10(2)12-11-8-5-4-6-9-11;1-14-9(11)7(5-13-14)6-2-3-12-8(10)4-6/h5-8H,4H2,1-3H3;11-12H,2-9H2,1H3;2-5H,11H2,1H3,(H2,10,12). The molecule has 7 nitrogen and oxygen atoms in total. The zero-order valence-electron chi connectivity index (χ0n) is 24.0. The molecule has 0 saturated heterocycles. The second-order valence-electron chi connectivity index (χ2n) is 9.86. The Labute approximate surface area is 229 Å². The van der Waals surface area contributed by atoms with Crippen molar-refractivity contribution in [2.75, 3.05) is 11.5 Å². The molecule has 1 aromatic carbocycles. The molecule has 38 heavy (non-hydrogen) atoms. The molecule has 1 saturated carbocycles. The van der Waals surface area contributed by atoms with E-state index in [2.05, 4.69) is 66.8 Å². The number of anilines is 2. The maximum Gasteiger partial charge on any atom is 0.129 e. The van der Waals surface area contributed by atoms with E-state index in [4.69, 9.17) is 11.5 Å². The van der Waals surface area contributed by atoms with Crippen LogP contribution in [0.4, 0.5) is 17.3 Å². The highest BCUT2D eigenvalue weighted by Gasteiger charge is 2.12. The predicted octanol–water partition coefficient (Wildman–Crippen LogP) is 7.37. The highest BCUT2D eigenvalue weighted by molar-refractivity contribution is 5.84. The Morgan fingerprint density at radius 2 is 1.84 bits per heavy atom. The summed E-state index contributed by atoms with van der Waals surface area (Å²) >= 11 is 0. The molecule has 0 amide bonds. The Morgan fingerprint density at radius 3 is 2.42 bits per heavy atom. The topological polar surface area (TPSA) is 107 Å². The smallest absolute Gasteiger partial charge is 0.129 e. The maximum atomic E-state index is 5.82. The Morgan fingerprint density at radius 1 is 1.13 bits per heavy atom. The van der Waals surface area contributed by atoms with E-state index in [-0.39, 0.29) is 0 Å². The van der Waals surface area contributed by atoms with E-state index < -0.39 is 0 Å². The van der Waals surface area contributed by atoms with Crippen molar-refractivity contribution in [1.82, 2.24) is 20.1 Å². The molecular weight excluding hydrogens is 470 g/mol. The van der Waals surface area contributed by atoms with Crippen molar-refractivity contribution in [3.05, 3.63) is 66.6 Å². The van der Waals surface area contributed by atoms with Crippen LogP contribution in [0.5, 0.6) is 0 Å². The molecule has 7 heteroatoms. The number of rotatable bonds is 7. The summed E-state index contributed by atoms with van der Waals surface area (Å²) in [6, 6.07) is 12.6. The van der Waals surface area contributed by atoms with Gasteiger partial charge in [0, 0.05) is 36.3 Å². The first-order chi connectivity index (χ1) is 18.2. The number of aliphatic imine (C=N–C) groups is 1. The van der Waals surface area contributed by atoms with Crippen molar-refractivity contribution in [3.63, 3.8) is 0 Å². The molecule has 1 aliphatic carbocycles. The first-order valence-corrected chi connectivity index (χ1v) is 13.8. The third kappa shape index (κ3) is 10.4. The maximum absolute atomic E-state index is 5.82. The average Bonchev–Trinajstić information content (AvgIpc) is 3.24. The number of benzene rings is 1. The molecule has 0 radical (unpaired) electrons. The molecule has 0 bridgehead atoms. The number of aryl methyl sites for hydroxylation is 2. The SMILES string of the molecule is C=C(CCC)NC1CCCCC1.CCC(C)=Nc1ccccc1C.Cn1ncc(-c2ccnc(N)c2)c1N. The van der Waals surface area contributed by atoms with Crippen LogP contribution in [0.15, 0.2) is 66.1 Å². The normalized spacial score (nSPS) is 13.6. The summed E-state index contributed by atoms with van der Waals surface area (Å²) in [4.78, 5) is 8.41. The number of aromatic nitrogens is 3. The Bertz CT molecular complexity index is 1160. The zero-order chi connectivity index (χ0) is 27.9. The van der Waals surface area contributed by atoms with Crippen LogP contribution in [0, 0.1) is 6.92 Å². The van der Waals surface area contributed by atoms with Gasteiger partial charge in [0.1, 0.15) is 11.6 Å². The number of pyridine rings is 1. The number of allylic oxidation sites excluding steroid dienone is 1. The number of nitrogens with two attached hydrogens (primary N) is 2. The number of nitrogens with zero attached hydrogens (tertiary/aromatic N) is 4. The molecule has 0 spiro atoms. The molecule has 4 rings (SSSR count). The van der Waals surface area contributed by atoms with Gasteiger partial charge in [-0.15, -0.1) is 0 Å². The lowest BCUT2D eigenvalue weighted by atomic mass is 9.95. The van der Waals surface area contributed by atoms with Crippen LogP contribution in [0.1, 0.15) is 77.7 Å². The van der Waals surface area contributed by atoms with Crippen LogP contribution in [-0.4, -0.2) is 26.5 Å². The predicted molar refractivity (Wildman–Crippen MR) is 164 cm³/mol. The van der Waals surface area contributed by atoms with Crippen molar-refractivity contribution in [2.45, 2.75) is 85.1 Å². The van der Waals surface area contributed by atoms with Gasteiger partial charge in [-0.25, -0.2) is 4.98 Å². The second kappa shape index (κ2) is 16.3. The summed E-state index contributed by atoms with van der Waals surface area (Å²) in [5.74, 6) is 1.10. The van der Waals surface area contributed by atoms with E-state index >= 15 is 0 Å². The molecule has 2 heterocycles. The lowest BCUT2D eigenvalue weighted by Gasteiger charge is -2.24. The minimum Gasteiger partial charge on any atom is -0.386 e. The molecular formula is C31H47N7. The average molecular weight is 518 g/mol.